The maximum absolute atomic E-state index is 6.02. The Bertz CT molecular complexity index is 272. The van der Waals surface area contributed by atoms with Crippen LogP contribution >= 0.6 is 11.3 Å². The SMILES string of the molecule is CN(C)C(CCC(C)(C)N)c1cccs1. The maximum atomic E-state index is 6.02. The van der Waals surface area contributed by atoms with E-state index >= 15 is 0 Å². The molecule has 0 saturated heterocycles. The van der Waals surface area contributed by atoms with Crippen molar-refractivity contribution in [1.82, 2.24) is 4.90 Å². The van der Waals surface area contributed by atoms with Crippen molar-refractivity contribution in [2.45, 2.75) is 38.3 Å². The molecular formula is C12H22N2S. The lowest BCUT2D eigenvalue weighted by Crippen LogP contribution is -2.33. The molecule has 1 aromatic rings. The van der Waals surface area contributed by atoms with Crippen molar-refractivity contribution in [3.05, 3.63) is 22.4 Å². The van der Waals surface area contributed by atoms with Crippen molar-refractivity contribution in [3.63, 3.8) is 0 Å². The summed E-state index contributed by atoms with van der Waals surface area (Å²) in [5.41, 5.74) is 5.96. The first-order valence-electron chi connectivity index (χ1n) is 5.39. The summed E-state index contributed by atoms with van der Waals surface area (Å²) in [5, 5.41) is 2.14. The van der Waals surface area contributed by atoms with E-state index in [9.17, 15) is 0 Å². The van der Waals surface area contributed by atoms with Crippen LogP contribution in [0.25, 0.3) is 0 Å². The molecule has 0 amide bonds. The fraction of sp³-hybridized carbons (Fsp3) is 0.667. The van der Waals surface area contributed by atoms with Gasteiger partial charge in [0.1, 0.15) is 0 Å². The molecule has 1 heterocycles. The Morgan fingerprint density at radius 1 is 1.47 bits per heavy atom. The van der Waals surface area contributed by atoms with Gasteiger partial charge in [0.15, 0.2) is 0 Å². The predicted octanol–water partition coefficient (Wildman–Crippen LogP) is 2.87. The van der Waals surface area contributed by atoms with Crippen LogP contribution in [0.5, 0.6) is 0 Å². The first-order valence-corrected chi connectivity index (χ1v) is 6.27. The van der Waals surface area contributed by atoms with Crippen molar-refractivity contribution in [2.75, 3.05) is 14.1 Å². The molecule has 0 aromatic carbocycles. The van der Waals surface area contributed by atoms with Gasteiger partial charge in [-0.1, -0.05) is 6.07 Å². The standard InChI is InChI=1S/C12H22N2S/c1-12(2,13)8-7-10(14(3)4)11-6-5-9-15-11/h5-6,9-10H,7-8,13H2,1-4H3. The van der Waals surface area contributed by atoms with Crippen LogP contribution in [0, 0.1) is 0 Å². The maximum Gasteiger partial charge on any atom is 0.0436 e. The third kappa shape index (κ3) is 4.33. The molecule has 15 heavy (non-hydrogen) atoms. The molecule has 1 unspecified atom stereocenters. The van der Waals surface area contributed by atoms with Gasteiger partial charge in [-0.25, -0.2) is 0 Å². The molecule has 2 N–H and O–H groups in total. The average Bonchev–Trinajstić information content (AvgIpc) is 2.54. The van der Waals surface area contributed by atoms with Crippen LogP contribution < -0.4 is 5.73 Å². The monoisotopic (exact) mass is 226 g/mol. The van der Waals surface area contributed by atoms with Crippen molar-refractivity contribution < 1.29 is 0 Å². The molecule has 0 spiro atoms. The van der Waals surface area contributed by atoms with Gasteiger partial charge in [0.25, 0.3) is 0 Å². The molecule has 1 rings (SSSR count). The fourth-order valence-electron chi connectivity index (χ4n) is 1.64. The van der Waals surface area contributed by atoms with E-state index in [2.05, 4.69) is 50.4 Å². The highest BCUT2D eigenvalue weighted by atomic mass is 32.1. The van der Waals surface area contributed by atoms with Crippen LogP contribution in [-0.4, -0.2) is 24.5 Å². The Morgan fingerprint density at radius 3 is 2.53 bits per heavy atom. The van der Waals surface area contributed by atoms with E-state index in [-0.39, 0.29) is 5.54 Å². The Labute approximate surface area is 97.1 Å². The molecular weight excluding hydrogens is 204 g/mol. The van der Waals surface area contributed by atoms with Gasteiger partial charge in [-0.15, -0.1) is 11.3 Å². The quantitative estimate of drug-likeness (QED) is 0.836. The molecule has 1 aromatic heterocycles. The molecule has 86 valence electrons. The predicted molar refractivity (Wildman–Crippen MR) is 68.2 cm³/mol. The summed E-state index contributed by atoms with van der Waals surface area (Å²) >= 11 is 1.83. The van der Waals surface area contributed by atoms with Crippen LogP contribution in [-0.2, 0) is 0 Å². The van der Waals surface area contributed by atoms with Gasteiger partial charge in [0.05, 0.1) is 0 Å². The van der Waals surface area contributed by atoms with Crippen molar-refractivity contribution >= 4 is 11.3 Å². The lowest BCUT2D eigenvalue weighted by atomic mass is 9.96. The van der Waals surface area contributed by atoms with Crippen LogP contribution in [0.2, 0.25) is 0 Å². The summed E-state index contributed by atoms with van der Waals surface area (Å²) in [7, 11) is 4.27. The Balaban J connectivity index is 2.61. The van der Waals surface area contributed by atoms with E-state index in [1.54, 1.807) is 0 Å². The highest BCUT2D eigenvalue weighted by Gasteiger charge is 2.19. The molecule has 3 heteroatoms. The van der Waals surface area contributed by atoms with E-state index in [1.807, 2.05) is 11.3 Å². The summed E-state index contributed by atoms with van der Waals surface area (Å²) in [6, 6.07) is 4.83. The van der Waals surface area contributed by atoms with Gasteiger partial charge < -0.3 is 10.6 Å². The molecule has 0 aliphatic rings. The first-order chi connectivity index (χ1) is 6.90. The second-order valence-electron chi connectivity index (χ2n) is 5.02. The number of nitrogens with zero attached hydrogens (tertiary/aromatic N) is 1. The summed E-state index contributed by atoms with van der Waals surface area (Å²) in [6.45, 7) is 4.18. The number of hydrogen-bond donors (Lipinski definition) is 1. The molecule has 0 fully saturated rings. The van der Waals surface area contributed by atoms with Crippen LogP contribution in [0.15, 0.2) is 17.5 Å². The van der Waals surface area contributed by atoms with E-state index in [1.165, 1.54) is 4.88 Å². The normalized spacial score (nSPS) is 14.5. The van der Waals surface area contributed by atoms with Gasteiger partial charge in [-0.3, -0.25) is 0 Å². The summed E-state index contributed by atoms with van der Waals surface area (Å²) in [5.74, 6) is 0. The van der Waals surface area contributed by atoms with Crippen molar-refractivity contribution in [3.8, 4) is 0 Å². The summed E-state index contributed by atoms with van der Waals surface area (Å²) in [4.78, 5) is 3.71. The third-order valence-corrected chi connectivity index (χ3v) is 3.53. The first kappa shape index (κ1) is 12.7. The number of hydrogen-bond acceptors (Lipinski definition) is 3. The molecule has 1 atom stereocenters. The molecule has 0 saturated carbocycles. The third-order valence-electron chi connectivity index (χ3n) is 2.56. The highest BCUT2D eigenvalue weighted by Crippen LogP contribution is 2.28. The summed E-state index contributed by atoms with van der Waals surface area (Å²) in [6.07, 6.45) is 2.17. The lowest BCUT2D eigenvalue weighted by molar-refractivity contribution is 0.265. The topological polar surface area (TPSA) is 29.3 Å². The highest BCUT2D eigenvalue weighted by molar-refractivity contribution is 7.10. The largest absolute Gasteiger partial charge is 0.326 e. The van der Waals surface area contributed by atoms with E-state index in [0.717, 1.165) is 12.8 Å². The number of nitrogens with two attached hydrogens (primary N) is 1. The minimum atomic E-state index is -0.0640. The number of thiophene rings is 1. The molecule has 2 nitrogen and oxygen atoms in total. The zero-order valence-electron chi connectivity index (χ0n) is 10.2. The smallest absolute Gasteiger partial charge is 0.0436 e. The van der Waals surface area contributed by atoms with E-state index < -0.39 is 0 Å². The number of rotatable bonds is 5. The minimum Gasteiger partial charge on any atom is -0.326 e. The Kier molecular flexibility index (Phi) is 4.32. The fourth-order valence-corrected chi connectivity index (χ4v) is 2.60. The zero-order valence-corrected chi connectivity index (χ0v) is 11.0. The van der Waals surface area contributed by atoms with Crippen LogP contribution in [0.4, 0.5) is 0 Å². The average molecular weight is 226 g/mol. The second kappa shape index (κ2) is 5.10. The van der Waals surface area contributed by atoms with E-state index in [4.69, 9.17) is 5.73 Å². The van der Waals surface area contributed by atoms with Gasteiger partial charge >= 0.3 is 0 Å². The zero-order chi connectivity index (χ0) is 11.5. The molecule has 0 aliphatic carbocycles. The van der Waals surface area contributed by atoms with Crippen molar-refractivity contribution in [1.29, 1.82) is 0 Å². The summed E-state index contributed by atoms with van der Waals surface area (Å²) < 4.78 is 0. The van der Waals surface area contributed by atoms with Gasteiger partial charge in [-0.05, 0) is 52.2 Å². The van der Waals surface area contributed by atoms with Crippen LogP contribution in [0.1, 0.15) is 37.6 Å². The Morgan fingerprint density at radius 2 is 2.13 bits per heavy atom. The molecule has 0 bridgehead atoms. The Hall–Kier alpha value is -0.380. The minimum absolute atomic E-state index is 0.0640. The molecule has 0 radical (unpaired) electrons. The van der Waals surface area contributed by atoms with Gasteiger partial charge in [-0.2, -0.15) is 0 Å². The molecule has 0 aliphatic heterocycles. The van der Waals surface area contributed by atoms with Crippen molar-refractivity contribution in [2.24, 2.45) is 5.73 Å². The van der Waals surface area contributed by atoms with Gasteiger partial charge in [0, 0.05) is 16.5 Å². The van der Waals surface area contributed by atoms with Crippen LogP contribution in [0.3, 0.4) is 0 Å². The van der Waals surface area contributed by atoms with E-state index in [0.29, 0.717) is 6.04 Å². The lowest BCUT2D eigenvalue weighted by Gasteiger charge is -2.27. The van der Waals surface area contributed by atoms with Gasteiger partial charge in [0.2, 0.25) is 0 Å². The second-order valence-corrected chi connectivity index (χ2v) is 6.00.